The smallest absolute Gasteiger partial charge is 0.191 e. The van der Waals surface area contributed by atoms with Crippen molar-refractivity contribution < 1.29 is 9.47 Å². The Hall–Kier alpha value is -0.900. The van der Waals surface area contributed by atoms with Crippen molar-refractivity contribution in [2.45, 2.75) is 56.8 Å². The highest BCUT2D eigenvalue weighted by molar-refractivity contribution is 14.0. The molecule has 0 saturated carbocycles. The molecule has 0 radical (unpaired) electrons. The number of methoxy groups -OCH3 is 1. The van der Waals surface area contributed by atoms with E-state index < -0.39 is 0 Å². The maximum absolute atomic E-state index is 5.82. The number of guanidine groups is 1. The molecule has 0 bridgehead atoms. The normalized spacial score (nSPS) is 25.1. The first-order valence-corrected chi connectivity index (χ1v) is 10.5. The van der Waals surface area contributed by atoms with Crippen LogP contribution in [0.5, 0.6) is 0 Å². The summed E-state index contributed by atoms with van der Waals surface area (Å²) in [6.07, 6.45) is 4.09. The highest BCUT2D eigenvalue weighted by Gasteiger charge is 2.33. The third-order valence-electron chi connectivity index (χ3n) is 6.22. The molecule has 2 saturated heterocycles. The lowest BCUT2D eigenvalue weighted by Crippen LogP contribution is -2.54. The molecule has 2 atom stereocenters. The molecule has 2 aliphatic heterocycles. The van der Waals surface area contributed by atoms with Gasteiger partial charge in [-0.15, -0.1) is 24.0 Å². The molecule has 2 fully saturated rings. The predicted molar refractivity (Wildman–Crippen MR) is 129 cm³/mol. The number of piperidine rings is 1. The first-order valence-electron chi connectivity index (χ1n) is 10.5. The fourth-order valence-corrected chi connectivity index (χ4v) is 4.23. The minimum absolute atomic E-state index is 0. The molecule has 2 heterocycles. The van der Waals surface area contributed by atoms with Gasteiger partial charge in [0.05, 0.1) is 5.60 Å². The van der Waals surface area contributed by atoms with Crippen LogP contribution in [0.25, 0.3) is 0 Å². The summed E-state index contributed by atoms with van der Waals surface area (Å²) in [5.74, 6) is 0.872. The Labute approximate surface area is 192 Å². The number of rotatable bonds is 6. The van der Waals surface area contributed by atoms with E-state index in [4.69, 9.17) is 9.47 Å². The zero-order valence-electron chi connectivity index (χ0n) is 18.0. The summed E-state index contributed by atoms with van der Waals surface area (Å²) < 4.78 is 11.3. The molecule has 164 valence electrons. The molecule has 2 unspecified atom stereocenters. The van der Waals surface area contributed by atoms with Crippen molar-refractivity contribution in [3.05, 3.63) is 35.9 Å². The topological polar surface area (TPSA) is 58.1 Å². The summed E-state index contributed by atoms with van der Waals surface area (Å²) in [5, 5.41) is 7.12. The van der Waals surface area contributed by atoms with Gasteiger partial charge in [0.1, 0.15) is 0 Å². The predicted octanol–water partition coefficient (Wildman–Crippen LogP) is 3.02. The summed E-state index contributed by atoms with van der Waals surface area (Å²) in [6.45, 7) is 6.74. The van der Waals surface area contributed by atoms with E-state index in [2.05, 4.69) is 57.8 Å². The second-order valence-corrected chi connectivity index (χ2v) is 8.10. The zero-order valence-corrected chi connectivity index (χ0v) is 20.4. The average molecular weight is 516 g/mol. The molecular formula is C22H37IN4O2. The van der Waals surface area contributed by atoms with Gasteiger partial charge in [-0.25, -0.2) is 0 Å². The highest BCUT2D eigenvalue weighted by atomic mass is 127. The number of nitrogens with zero attached hydrogens (tertiary/aromatic N) is 2. The van der Waals surface area contributed by atoms with Gasteiger partial charge >= 0.3 is 0 Å². The second-order valence-electron chi connectivity index (χ2n) is 8.10. The van der Waals surface area contributed by atoms with E-state index in [0.717, 1.165) is 64.5 Å². The molecule has 7 heteroatoms. The molecule has 2 N–H and O–H groups in total. The molecule has 0 spiro atoms. The maximum Gasteiger partial charge on any atom is 0.191 e. The number of aliphatic imine (C=N–C) groups is 1. The van der Waals surface area contributed by atoms with Crippen LogP contribution in [0.2, 0.25) is 0 Å². The van der Waals surface area contributed by atoms with Gasteiger partial charge in [0.25, 0.3) is 0 Å². The van der Waals surface area contributed by atoms with Crippen molar-refractivity contribution in [3.8, 4) is 0 Å². The second kappa shape index (κ2) is 12.1. The van der Waals surface area contributed by atoms with Crippen molar-refractivity contribution in [1.29, 1.82) is 0 Å². The number of hydrogen-bond acceptors (Lipinski definition) is 4. The van der Waals surface area contributed by atoms with Crippen LogP contribution in [-0.4, -0.2) is 69.0 Å². The Bertz CT molecular complexity index is 622. The van der Waals surface area contributed by atoms with Crippen LogP contribution in [0, 0.1) is 0 Å². The van der Waals surface area contributed by atoms with Crippen LogP contribution < -0.4 is 10.6 Å². The van der Waals surface area contributed by atoms with Gasteiger partial charge in [-0.2, -0.15) is 0 Å². The maximum atomic E-state index is 5.82. The van der Waals surface area contributed by atoms with E-state index in [1.54, 1.807) is 7.11 Å². The summed E-state index contributed by atoms with van der Waals surface area (Å²) in [5.41, 5.74) is 1.24. The van der Waals surface area contributed by atoms with Crippen LogP contribution in [0.4, 0.5) is 0 Å². The molecule has 1 aromatic carbocycles. The Morgan fingerprint density at radius 3 is 2.62 bits per heavy atom. The van der Waals surface area contributed by atoms with Crippen LogP contribution in [0.3, 0.4) is 0 Å². The van der Waals surface area contributed by atoms with Crippen molar-refractivity contribution in [1.82, 2.24) is 15.5 Å². The van der Waals surface area contributed by atoms with Gasteiger partial charge in [-0.3, -0.25) is 9.89 Å². The fourth-order valence-electron chi connectivity index (χ4n) is 4.23. The van der Waals surface area contributed by atoms with Crippen molar-refractivity contribution in [3.63, 3.8) is 0 Å². The Balaban J connectivity index is 0.00000300. The molecule has 6 nitrogen and oxygen atoms in total. The van der Waals surface area contributed by atoms with Gasteiger partial charge < -0.3 is 20.1 Å². The van der Waals surface area contributed by atoms with Gasteiger partial charge in [0, 0.05) is 71.9 Å². The number of benzene rings is 1. The van der Waals surface area contributed by atoms with E-state index in [-0.39, 0.29) is 29.6 Å². The van der Waals surface area contributed by atoms with Gasteiger partial charge in [-0.05, 0) is 25.3 Å². The minimum atomic E-state index is -0.151. The fraction of sp³-hybridized carbons (Fsp3) is 0.682. The lowest BCUT2D eigenvalue weighted by atomic mass is 9.94. The molecule has 1 aromatic rings. The SMILES string of the molecule is CN=C(NCC1(OC)CCOCC1)NC1CCN(Cc2ccccc2)C(C)C1.I. The average Bonchev–Trinajstić information content (AvgIpc) is 2.74. The Morgan fingerprint density at radius 2 is 2.00 bits per heavy atom. The summed E-state index contributed by atoms with van der Waals surface area (Å²) in [6, 6.07) is 11.7. The number of ether oxygens (including phenoxy) is 2. The quantitative estimate of drug-likeness (QED) is 0.346. The first-order chi connectivity index (χ1) is 13.6. The monoisotopic (exact) mass is 516 g/mol. The minimum Gasteiger partial charge on any atom is -0.381 e. The highest BCUT2D eigenvalue weighted by Crippen LogP contribution is 2.24. The number of hydrogen-bond donors (Lipinski definition) is 2. The van der Waals surface area contributed by atoms with E-state index in [9.17, 15) is 0 Å². The lowest BCUT2D eigenvalue weighted by molar-refractivity contribution is -0.0855. The summed E-state index contributed by atoms with van der Waals surface area (Å²) in [7, 11) is 3.64. The molecular weight excluding hydrogens is 479 g/mol. The number of nitrogens with one attached hydrogen (secondary N) is 2. The molecule has 0 amide bonds. The van der Waals surface area contributed by atoms with E-state index in [1.165, 1.54) is 5.56 Å². The largest absolute Gasteiger partial charge is 0.381 e. The standard InChI is InChI=1S/C22H36N4O2.HI/c1-18-15-20(9-12-26(18)16-19-7-5-4-6-8-19)25-21(23-2)24-17-22(27-3)10-13-28-14-11-22;/h4-8,18,20H,9-17H2,1-3H3,(H2,23,24,25);1H. The molecule has 0 aliphatic carbocycles. The van der Waals surface area contributed by atoms with Gasteiger partial charge in [0.15, 0.2) is 5.96 Å². The van der Waals surface area contributed by atoms with E-state index in [1.807, 2.05) is 7.05 Å². The summed E-state index contributed by atoms with van der Waals surface area (Å²) >= 11 is 0. The van der Waals surface area contributed by atoms with Crippen LogP contribution >= 0.6 is 24.0 Å². The first kappa shape index (κ1) is 24.4. The van der Waals surface area contributed by atoms with Crippen LogP contribution in [0.15, 0.2) is 35.3 Å². The number of halogens is 1. The van der Waals surface area contributed by atoms with E-state index >= 15 is 0 Å². The molecule has 2 aliphatic rings. The summed E-state index contributed by atoms with van der Waals surface area (Å²) in [4.78, 5) is 7.01. The van der Waals surface area contributed by atoms with Gasteiger partial charge in [0.2, 0.25) is 0 Å². The third kappa shape index (κ3) is 7.08. The van der Waals surface area contributed by atoms with Crippen molar-refractivity contribution >= 4 is 29.9 Å². The molecule has 3 rings (SSSR count). The molecule has 29 heavy (non-hydrogen) atoms. The van der Waals surface area contributed by atoms with E-state index in [0.29, 0.717) is 12.1 Å². The number of likely N-dealkylation sites (tertiary alicyclic amines) is 1. The Kier molecular flexibility index (Phi) is 10.1. The van der Waals surface area contributed by atoms with Crippen molar-refractivity contribution in [2.75, 3.05) is 40.5 Å². The van der Waals surface area contributed by atoms with Crippen LogP contribution in [0.1, 0.15) is 38.2 Å². The zero-order chi connectivity index (χ0) is 19.8. The van der Waals surface area contributed by atoms with Crippen LogP contribution in [-0.2, 0) is 16.0 Å². The Morgan fingerprint density at radius 1 is 1.28 bits per heavy atom. The van der Waals surface area contributed by atoms with Gasteiger partial charge in [-0.1, -0.05) is 30.3 Å². The third-order valence-corrected chi connectivity index (χ3v) is 6.22. The lowest BCUT2D eigenvalue weighted by Gasteiger charge is -2.39. The molecule has 0 aromatic heterocycles. The van der Waals surface area contributed by atoms with Crippen molar-refractivity contribution in [2.24, 2.45) is 4.99 Å².